The molecule has 4 aromatic rings. The molecule has 0 aliphatic carbocycles. The molecule has 5 rings (SSSR count). The van der Waals surface area contributed by atoms with Crippen molar-refractivity contribution in [2.24, 2.45) is 0 Å². The highest BCUT2D eigenvalue weighted by Gasteiger charge is 2.37. The van der Waals surface area contributed by atoms with Gasteiger partial charge in [-0.3, -0.25) is 14.2 Å². The largest absolute Gasteiger partial charge is 0.472 e. The van der Waals surface area contributed by atoms with Crippen molar-refractivity contribution in [3.05, 3.63) is 77.4 Å². The number of hydrogen-bond donors (Lipinski definition) is 0. The minimum Gasteiger partial charge on any atom is -0.472 e. The van der Waals surface area contributed by atoms with E-state index in [9.17, 15) is 18.0 Å². The van der Waals surface area contributed by atoms with Gasteiger partial charge in [0.25, 0.3) is 5.91 Å². The number of carbonyl (C=O) groups is 1. The fourth-order valence-corrected chi connectivity index (χ4v) is 4.28. The van der Waals surface area contributed by atoms with Crippen molar-refractivity contribution in [1.82, 2.24) is 19.3 Å². The van der Waals surface area contributed by atoms with Gasteiger partial charge in [-0.1, -0.05) is 17.7 Å². The van der Waals surface area contributed by atoms with Gasteiger partial charge in [0.05, 0.1) is 18.1 Å². The van der Waals surface area contributed by atoms with Crippen molar-refractivity contribution in [2.45, 2.75) is 18.5 Å². The molecule has 0 saturated carbocycles. The number of rotatable bonds is 3. The summed E-state index contributed by atoms with van der Waals surface area (Å²) in [5.41, 5.74) is 0.109. The average Bonchev–Trinajstić information content (AvgIpc) is 3.53. The Morgan fingerprint density at radius 2 is 2.09 bits per heavy atom. The Kier molecular flexibility index (Phi) is 4.93. The van der Waals surface area contributed by atoms with Gasteiger partial charge in [0, 0.05) is 48.7 Å². The zero-order chi connectivity index (χ0) is 22.5. The van der Waals surface area contributed by atoms with Crippen molar-refractivity contribution >= 4 is 23.2 Å². The first-order valence-corrected chi connectivity index (χ1v) is 10.2. The number of amides is 1. The second kappa shape index (κ2) is 7.67. The number of carbonyl (C=O) groups excluding carboxylic acids is 1. The fraction of sp³-hybridized carbons (Fsp3) is 0.227. The molecule has 0 spiro atoms. The van der Waals surface area contributed by atoms with Crippen LogP contribution in [0.15, 0.2) is 59.8 Å². The Morgan fingerprint density at radius 1 is 1.25 bits per heavy atom. The summed E-state index contributed by atoms with van der Waals surface area (Å²) in [6.45, 7) is 0.871. The van der Waals surface area contributed by atoms with Crippen LogP contribution in [0.3, 0.4) is 0 Å². The second-order valence-electron chi connectivity index (χ2n) is 7.62. The summed E-state index contributed by atoms with van der Waals surface area (Å²) in [6.07, 6.45) is 3.58. The normalized spacial score (nSPS) is 16.8. The van der Waals surface area contributed by atoms with E-state index in [1.54, 1.807) is 23.4 Å². The van der Waals surface area contributed by atoms with Crippen LogP contribution < -0.4 is 0 Å². The molecule has 1 fully saturated rings. The van der Waals surface area contributed by atoms with E-state index >= 15 is 0 Å². The summed E-state index contributed by atoms with van der Waals surface area (Å²) in [6, 6.07) is 6.29. The molecule has 0 radical (unpaired) electrons. The summed E-state index contributed by atoms with van der Waals surface area (Å²) >= 11 is 6.39. The first-order chi connectivity index (χ1) is 15.3. The van der Waals surface area contributed by atoms with Crippen LogP contribution in [0.2, 0.25) is 5.15 Å². The van der Waals surface area contributed by atoms with Crippen LogP contribution in [0.5, 0.6) is 0 Å². The third-order valence-corrected chi connectivity index (χ3v) is 6.02. The Labute approximate surface area is 185 Å². The van der Waals surface area contributed by atoms with Gasteiger partial charge in [-0.05, 0) is 30.2 Å². The fourth-order valence-electron chi connectivity index (χ4n) is 4.03. The van der Waals surface area contributed by atoms with E-state index in [1.165, 1.54) is 18.7 Å². The van der Waals surface area contributed by atoms with E-state index in [0.29, 0.717) is 18.7 Å². The zero-order valence-corrected chi connectivity index (χ0v) is 17.3. The molecule has 0 aromatic carbocycles. The van der Waals surface area contributed by atoms with Crippen LogP contribution in [0.25, 0.3) is 16.8 Å². The number of imidazole rings is 1. The lowest BCUT2D eigenvalue weighted by atomic mass is 10.0. The minimum absolute atomic E-state index is 0.0990. The lowest BCUT2D eigenvalue weighted by Gasteiger charge is -2.15. The van der Waals surface area contributed by atoms with Gasteiger partial charge >= 0.3 is 6.18 Å². The van der Waals surface area contributed by atoms with Crippen LogP contribution in [0, 0.1) is 0 Å². The van der Waals surface area contributed by atoms with Crippen LogP contribution in [-0.4, -0.2) is 38.3 Å². The molecule has 5 heterocycles. The lowest BCUT2D eigenvalue weighted by molar-refractivity contribution is -0.136. The molecule has 164 valence electrons. The van der Waals surface area contributed by atoms with Crippen LogP contribution in [0.1, 0.15) is 34.0 Å². The third kappa shape index (κ3) is 3.52. The van der Waals surface area contributed by atoms with Crippen molar-refractivity contribution < 1.29 is 22.4 Å². The molecule has 1 atom stereocenters. The van der Waals surface area contributed by atoms with Gasteiger partial charge in [-0.15, -0.1) is 0 Å². The molecule has 32 heavy (non-hydrogen) atoms. The predicted octanol–water partition coefficient (Wildman–Crippen LogP) is 5.29. The van der Waals surface area contributed by atoms with Gasteiger partial charge in [0.2, 0.25) is 0 Å². The highest BCUT2D eigenvalue weighted by molar-refractivity contribution is 6.33. The number of aromatic nitrogens is 3. The van der Waals surface area contributed by atoms with Gasteiger partial charge < -0.3 is 9.32 Å². The van der Waals surface area contributed by atoms with Crippen molar-refractivity contribution in [3.63, 3.8) is 0 Å². The first-order valence-electron chi connectivity index (χ1n) is 9.83. The number of halogens is 4. The molecule has 4 aromatic heterocycles. The lowest BCUT2D eigenvalue weighted by Crippen LogP contribution is -2.29. The maximum Gasteiger partial charge on any atom is 0.420 e. The molecule has 1 amide bonds. The first kappa shape index (κ1) is 20.6. The van der Waals surface area contributed by atoms with E-state index in [2.05, 4.69) is 9.97 Å². The number of hydrogen-bond acceptors (Lipinski definition) is 4. The third-order valence-electron chi connectivity index (χ3n) is 5.66. The number of alkyl halides is 3. The number of pyridine rings is 2. The van der Waals surface area contributed by atoms with Crippen LogP contribution in [0.4, 0.5) is 13.2 Å². The van der Waals surface area contributed by atoms with Gasteiger partial charge in [-0.25, -0.2) is 4.98 Å². The number of fused-ring (bicyclic) bond motifs is 1. The Morgan fingerprint density at radius 3 is 2.78 bits per heavy atom. The molecule has 1 aliphatic heterocycles. The van der Waals surface area contributed by atoms with E-state index in [0.717, 1.165) is 22.5 Å². The molecule has 1 aliphatic rings. The molecular weight excluding hydrogens is 445 g/mol. The van der Waals surface area contributed by atoms with E-state index in [1.807, 2.05) is 12.1 Å². The number of nitrogens with zero attached hydrogens (tertiary/aromatic N) is 4. The van der Waals surface area contributed by atoms with Crippen molar-refractivity contribution in [3.8, 4) is 11.1 Å². The van der Waals surface area contributed by atoms with Crippen LogP contribution >= 0.6 is 11.6 Å². The van der Waals surface area contributed by atoms with Crippen LogP contribution in [-0.2, 0) is 6.18 Å². The quantitative estimate of drug-likeness (QED) is 0.416. The molecule has 10 heteroatoms. The Hall–Kier alpha value is -3.33. The highest BCUT2D eigenvalue weighted by Crippen LogP contribution is 2.37. The molecule has 1 unspecified atom stereocenters. The monoisotopic (exact) mass is 460 g/mol. The maximum atomic E-state index is 13.8. The molecule has 6 nitrogen and oxygen atoms in total. The van der Waals surface area contributed by atoms with Gasteiger partial charge in [0.1, 0.15) is 5.15 Å². The maximum absolute atomic E-state index is 13.8. The predicted molar refractivity (Wildman–Crippen MR) is 110 cm³/mol. The summed E-state index contributed by atoms with van der Waals surface area (Å²) in [5, 5.41) is -0.161. The average molecular weight is 461 g/mol. The summed E-state index contributed by atoms with van der Waals surface area (Å²) in [5.74, 6) is -0.398. The Bertz CT molecular complexity index is 1290. The molecular formula is C22H16ClF3N4O2. The summed E-state index contributed by atoms with van der Waals surface area (Å²) < 4.78 is 47.5. The number of furan rings is 1. The molecule has 0 bridgehead atoms. The standard InChI is InChI=1S/C22H16ClF3N4O2/c23-19-18(21(31)29-6-3-14(10-29)13-2-1-5-27-9-13)28-20-17(22(24,25)26)8-16(11-30(19)20)15-4-7-32-12-15/h1-2,4-5,7-9,11-12,14H,3,6,10H2. The van der Waals surface area contributed by atoms with Crippen molar-refractivity contribution in [1.29, 1.82) is 0 Å². The summed E-state index contributed by atoms with van der Waals surface area (Å²) in [4.78, 5) is 22.8. The number of likely N-dealkylation sites (tertiary alicyclic amines) is 1. The topological polar surface area (TPSA) is 63.6 Å². The van der Waals surface area contributed by atoms with E-state index in [4.69, 9.17) is 16.0 Å². The zero-order valence-electron chi connectivity index (χ0n) is 16.5. The SMILES string of the molecule is O=C(c1nc2c(C(F)(F)F)cc(-c3ccoc3)cn2c1Cl)N1CCC(c2cccnc2)C1. The Balaban J connectivity index is 1.54. The smallest absolute Gasteiger partial charge is 0.420 e. The van der Waals surface area contributed by atoms with E-state index < -0.39 is 23.3 Å². The van der Waals surface area contributed by atoms with Gasteiger partial charge in [0.15, 0.2) is 11.3 Å². The second-order valence-corrected chi connectivity index (χ2v) is 7.98. The van der Waals surface area contributed by atoms with Crippen molar-refractivity contribution in [2.75, 3.05) is 13.1 Å². The minimum atomic E-state index is -4.69. The van der Waals surface area contributed by atoms with E-state index in [-0.39, 0.29) is 22.3 Å². The molecule has 1 saturated heterocycles. The van der Waals surface area contributed by atoms with Gasteiger partial charge in [-0.2, -0.15) is 13.2 Å². The highest BCUT2D eigenvalue weighted by atomic mass is 35.5. The summed E-state index contributed by atoms with van der Waals surface area (Å²) in [7, 11) is 0. The molecule has 0 N–H and O–H groups in total.